The van der Waals surface area contributed by atoms with Crippen molar-refractivity contribution in [1.29, 1.82) is 0 Å². The molecule has 4 aromatic rings. The first-order chi connectivity index (χ1) is 19.2. The summed E-state index contributed by atoms with van der Waals surface area (Å²) in [5.74, 6) is 0.730. The summed E-state index contributed by atoms with van der Waals surface area (Å²) >= 11 is 0. The minimum atomic E-state index is -0.870. The van der Waals surface area contributed by atoms with E-state index in [1.807, 2.05) is 54.6 Å². The number of morpholine rings is 1. The molecule has 7 rings (SSSR count). The molecule has 2 aliphatic heterocycles. The summed E-state index contributed by atoms with van der Waals surface area (Å²) in [5, 5.41) is 11.7. The Kier molecular flexibility index (Phi) is 6.13. The second-order valence-corrected chi connectivity index (χ2v) is 10.1. The molecule has 0 bridgehead atoms. The van der Waals surface area contributed by atoms with Gasteiger partial charge in [-0.05, 0) is 30.5 Å². The van der Waals surface area contributed by atoms with Crippen LogP contribution in [-0.4, -0.2) is 59.1 Å². The van der Waals surface area contributed by atoms with Crippen LogP contribution in [0.25, 0.3) is 11.6 Å². The molecule has 1 aliphatic carbocycles. The predicted octanol–water partition coefficient (Wildman–Crippen LogP) is 4.25. The lowest BCUT2D eigenvalue weighted by Crippen LogP contribution is -2.36. The topological polar surface area (TPSA) is 106 Å². The number of nitrogens with zero attached hydrogens (tertiary/aromatic N) is 5. The Morgan fingerprint density at radius 1 is 0.897 bits per heavy atom. The Labute approximate surface area is 226 Å². The molecule has 1 N–H and O–H groups in total. The molecule has 0 unspecified atom stereocenters. The fourth-order valence-corrected chi connectivity index (χ4v) is 5.18. The average molecular weight is 521 g/mol. The van der Waals surface area contributed by atoms with Gasteiger partial charge in [-0.25, -0.2) is 4.98 Å². The number of pyridine rings is 1. The number of benzene rings is 2. The summed E-state index contributed by atoms with van der Waals surface area (Å²) in [7, 11) is 0. The van der Waals surface area contributed by atoms with E-state index < -0.39 is 6.17 Å². The van der Waals surface area contributed by atoms with Crippen molar-refractivity contribution in [3.63, 3.8) is 0 Å². The molecule has 1 saturated carbocycles. The molecule has 0 amide bonds. The Hall–Kier alpha value is -4.37. The molecule has 9 nitrogen and oxygen atoms in total. The number of rotatable bonds is 6. The number of Topliss-reactive ketones (excluding diaryl/α,β-unsaturated/α-hetero) is 1. The minimum Gasteiger partial charge on any atom is -0.402 e. The first-order valence-electron chi connectivity index (χ1n) is 13.4. The van der Waals surface area contributed by atoms with E-state index in [0.717, 1.165) is 59.7 Å². The minimum absolute atomic E-state index is 0.0732. The highest BCUT2D eigenvalue weighted by molar-refractivity contribution is 6.16. The van der Waals surface area contributed by atoms with Gasteiger partial charge in [0.15, 0.2) is 17.6 Å². The number of aliphatic imine (C=N–C) groups is 1. The summed E-state index contributed by atoms with van der Waals surface area (Å²) in [6.07, 6.45) is 1.67. The number of carbonyl (C=O) groups excluding carboxylic acids is 1. The van der Waals surface area contributed by atoms with Crippen molar-refractivity contribution >= 4 is 23.2 Å². The molecular weight excluding hydrogens is 492 g/mol. The van der Waals surface area contributed by atoms with Crippen molar-refractivity contribution in [2.75, 3.05) is 36.5 Å². The second kappa shape index (κ2) is 10.1. The smallest absolute Gasteiger partial charge is 0.317 e. The predicted molar refractivity (Wildman–Crippen MR) is 147 cm³/mol. The van der Waals surface area contributed by atoms with Crippen LogP contribution in [0.15, 0.2) is 76.1 Å². The molecular formula is C30H28N6O3. The van der Waals surface area contributed by atoms with Crippen molar-refractivity contribution in [2.45, 2.75) is 31.3 Å². The zero-order valence-corrected chi connectivity index (χ0v) is 21.4. The monoisotopic (exact) mass is 520 g/mol. The number of carbonyl (C=O) groups is 1. The van der Waals surface area contributed by atoms with E-state index in [4.69, 9.17) is 19.1 Å². The van der Waals surface area contributed by atoms with Gasteiger partial charge < -0.3 is 19.4 Å². The van der Waals surface area contributed by atoms with Crippen molar-refractivity contribution in [1.82, 2.24) is 15.2 Å². The number of ether oxygens (including phenoxy) is 1. The first-order valence-corrected chi connectivity index (χ1v) is 13.4. The summed E-state index contributed by atoms with van der Waals surface area (Å²) in [6.45, 7) is 2.86. The Morgan fingerprint density at radius 2 is 1.69 bits per heavy atom. The molecule has 0 spiro atoms. The van der Waals surface area contributed by atoms with Crippen LogP contribution in [0.5, 0.6) is 0 Å². The highest BCUT2D eigenvalue weighted by Crippen LogP contribution is 2.41. The van der Waals surface area contributed by atoms with Crippen LogP contribution in [0.4, 0.5) is 11.7 Å². The van der Waals surface area contributed by atoms with E-state index in [1.165, 1.54) is 0 Å². The normalized spacial score (nSPS) is 19.3. The summed E-state index contributed by atoms with van der Waals surface area (Å²) in [5.41, 5.74) is 6.24. The number of nitrogens with one attached hydrogen (secondary N) is 1. The maximum atomic E-state index is 13.3. The maximum Gasteiger partial charge on any atom is 0.317 e. The highest BCUT2D eigenvalue weighted by atomic mass is 16.5. The van der Waals surface area contributed by atoms with Crippen molar-refractivity contribution in [2.24, 2.45) is 4.99 Å². The molecule has 2 aromatic carbocycles. The van der Waals surface area contributed by atoms with Crippen molar-refractivity contribution < 1.29 is 13.9 Å². The third-order valence-electron chi connectivity index (χ3n) is 7.38. The van der Waals surface area contributed by atoms with Crippen LogP contribution in [0.2, 0.25) is 0 Å². The molecule has 0 radical (unpaired) electrons. The van der Waals surface area contributed by atoms with Gasteiger partial charge in [0.1, 0.15) is 0 Å². The molecule has 1 atom stereocenters. The molecule has 2 aromatic heterocycles. The fraction of sp³-hybridized carbons (Fsp3) is 0.300. The molecule has 4 heterocycles. The van der Waals surface area contributed by atoms with Gasteiger partial charge in [-0.2, -0.15) is 0 Å². The van der Waals surface area contributed by atoms with Crippen LogP contribution in [0.3, 0.4) is 0 Å². The Bertz CT molecular complexity index is 1540. The SMILES string of the molecule is O=C1Cc2ccccc2C(c2ccccc2)=N[C@@H]1Nc1nnc(-c2nc(C3CC3)ccc2N2CCOCC2)o1. The van der Waals surface area contributed by atoms with Gasteiger partial charge in [0.2, 0.25) is 0 Å². The largest absolute Gasteiger partial charge is 0.402 e. The van der Waals surface area contributed by atoms with Crippen LogP contribution >= 0.6 is 0 Å². The molecule has 9 heteroatoms. The van der Waals surface area contributed by atoms with E-state index in [0.29, 0.717) is 30.7 Å². The van der Waals surface area contributed by atoms with Crippen LogP contribution in [0, 0.1) is 0 Å². The first kappa shape index (κ1) is 23.7. The number of fused-ring (bicyclic) bond motifs is 1. The van der Waals surface area contributed by atoms with Gasteiger partial charge >= 0.3 is 6.01 Å². The number of anilines is 2. The molecule has 2 fully saturated rings. The van der Waals surface area contributed by atoms with E-state index in [1.54, 1.807) is 0 Å². The lowest BCUT2D eigenvalue weighted by atomic mass is 9.96. The van der Waals surface area contributed by atoms with E-state index in [2.05, 4.69) is 32.5 Å². The van der Waals surface area contributed by atoms with Gasteiger partial charge in [0.05, 0.1) is 24.6 Å². The van der Waals surface area contributed by atoms with Gasteiger partial charge in [-0.1, -0.05) is 59.7 Å². The lowest BCUT2D eigenvalue weighted by molar-refractivity contribution is -0.119. The summed E-state index contributed by atoms with van der Waals surface area (Å²) in [6, 6.07) is 22.1. The van der Waals surface area contributed by atoms with E-state index >= 15 is 0 Å². The van der Waals surface area contributed by atoms with E-state index in [9.17, 15) is 4.79 Å². The average Bonchev–Trinajstić information content (AvgIpc) is 3.76. The van der Waals surface area contributed by atoms with E-state index in [-0.39, 0.29) is 18.2 Å². The molecule has 3 aliphatic rings. The van der Waals surface area contributed by atoms with Crippen molar-refractivity contribution in [3.05, 3.63) is 89.1 Å². The van der Waals surface area contributed by atoms with Crippen molar-refractivity contribution in [3.8, 4) is 11.6 Å². The fourth-order valence-electron chi connectivity index (χ4n) is 5.18. The van der Waals surface area contributed by atoms with Gasteiger partial charge in [-0.3, -0.25) is 9.79 Å². The molecule has 39 heavy (non-hydrogen) atoms. The number of hydrogen-bond donors (Lipinski definition) is 1. The number of aromatic nitrogens is 3. The van der Waals surface area contributed by atoms with Gasteiger partial charge in [0, 0.05) is 42.2 Å². The molecule has 196 valence electrons. The lowest BCUT2D eigenvalue weighted by Gasteiger charge is -2.29. The maximum absolute atomic E-state index is 13.3. The summed E-state index contributed by atoms with van der Waals surface area (Å²) < 4.78 is 11.6. The zero-order valence-electron chi connectivity index (χ0n) is 21.4. The van der Waals surface area contributed by atoms with Gasteiger partial charge in [0.25, 0.3) is 5.89 Å². The summed E-state index contributed by atoms with van der Waals surface area (Å²) in [4.78, 5) is 25.4. The van der Waals surface area contributed by atoms with Gasteiger partial charge in [-0.15, -0.1) is 5.10 Å². The van der Waals surface area contributed by atoms with Crippen LogP contribution in [0.1, 0.15) is 41.1 Å². The number of hydrogen-bond acceptors (Lipinski definition) is 9. The Balaban J connectivity index is 1.22. The highest BCUT2D eigenvalue weighted by Gasteiger charge is 2.30. The quantitative estimate of drug-likeness (QED) is 0.402. The standard InChI is InChI=1S/C30H28N6O3/c37-25-18-21-8-4-5-9-22(21)26(20-6-2-1-3-7-20)32-28(25)33-30-35-34-29(39-30)27-24(36-14-16-38-17-15-36)13-12-23(31-27)19-10-11-19/h1-9,12-13,19,28H,10-11,14-18H2,(H,33,35)/t28-/m1/s1. The third-order valence-corrected chi connectivity index (χ3v) is 7.38. The molecule has 1 saturated heterocycles. The zero-order chi connectivity index (χ0) is 26.2. The Morgan fingerprint density at radius 3 is 2.51 bits per heavy atom. The van der Waals surface area contributed by atoms with Crippen LogP contribution < -0.4 is 10.2 Å². The van der Waals surface area contributed by atoms with Crippen LogP contribution in [-0.2, 0) is 16.0 Å². The third kappa shape index (κ3) is 4.81. The second-order valence-electron chi connectivity index (χ2n) is 10.1. The number of ketones is 1.